The van der Waals surface area contributed by atoms with Crippen molar-refractivity contribution in [3.8, 4) is 0 Å². The number of amides is 1. The molecule has 0 aliphatic carbocycles. The minimum absolute atomic E-state index is 0.00902. The first kappa shape index (κ1) is 23.3. The highest BCUT2D eigenvalue weighted by molar-refractivity contribution is 7.89. The molecule has 29 heavy (non-hydrogen) atoms. The highest BCUT2D eigenvalue weighted by Crippen LogP contribution is 2.18. The van der Waals surface area contributed by atoms with Crippen LogP contribution in [-0.2, 0) is 24.3 Å². The maximum Gasteiger partial charge on any atom is 0.338 e. The third kappa shape index (κ3) is 7.09. The molecule has 1 aliphatic rings. The van der Waals surface area contributed by atoms with Gasteiger partial charge in [0, 0.05) is 19.1 Å². The third-order valence-electron chi connectivity index (χ3n) is 4.66. The van der Waals surface area contributed by atoms with E-state index in [0.717, 1.165) is 25.7 Å². The molecule has 0 saturated carbocycles. The number of morpholine rings is 1. The lowest BCUT2D eigenvalue weighted by molar-refractivity contribution is -0.124. The van der Waals surface area contributed by atoms with Crippen molar-refractivity contribution in [2.24, 2.45) is 0 Å². The monoisotopic (exact) mass is 426 g/mol. The fraction of sp³-hybridized carbons (Fsp3) is 0.600. The van der Waals surface area contributed by atoms with Crippen LogP contribution in [0.4, 0.5) is 0 Å². The van der Waals surface area contributed by atoms with Crippen LogP contribution in [-0.4, -0.2) is 63.6 Å². The van der Waals surface area contributed by atoms with Gasteiger partial charge in [-0.3, -0.25) is 4.79 Å². The Morgan fingerprint density at radius 2 is 1.97 bits per heavy atom. The average molecular weight is 427 g/mol. The Balaban J connectivity index is 1.91. The summed E-state index contributed by atoms with van der Waals surface area (Å²) in [5, 5.41) is 2.79. The zero-order valence-corrected chi connectivity index (χ0v) is 17.9. The molecular weight excluding hydrogens is 396 g/mol. The lowest BCUT2D eigenvalue weighted by Crippen LogP contribution is -2.40. The van der Waals surface area contributed by atoms with Gasteiger partial charge in [-0.2, -0.15) is 4.31 Å². The average Bonchev–Trinajstić information content (AvgIpc) is 2.73. The molecule has 1 atom stereocenters. The van der Waals surface area contributed by atoms with Gasteiger partial charge in [-0.15, -0.1) is 0 Å². The molecular formula is C20H30N2O6S. The molecule has 162 valence electrons. The fourth-order valence-corrected chi connectivity index (χ4v) is 4.48. The van der Waals surface area contributed by atoms with Crippen LogP contribution in [0.5, 0.6) is 0 Å². The van der Waals surface area contributed by atoms with E-state index in [9.17, 15) is 18.0 Å². The lowest BCUT2D eigenvalue weighted by atomic mass is 10.1. The third-order valence-corrected chi connectivity index (χ3v) is 6.55. The highest BCUT2D eigenvalue weighted by Gasteiger charge is 2.27. The quantitative estimate of drug-likeness (QED) is 0.453. The summed E-state index contributed by atoms with van der Waals surface area (Å²) < 4.78 is 37.0. The predicted octanol–water partition coefficient (Wildman–Crippen LogP) is 1.95. The van der Waals surface area contributed by atoms with Crippen molar-refractivity contribution in [2.75, 3.05) is 32.9 Å². The summed E-state index contributed by atoms with van der Waals surface area (Å²) in [7, 11) is -3.71. The van der Waals surface area contributed by atoms with Crippen molar-refractivity contribution < 1.29 is 27.5 Å². The van der Waals surface area contributed by atoms with E-state index in [2.05, 4.69) is 12.2 Å². The molecule has 0 unspecified atom stereocenters. The number of unbranched alkanes of at least 4 members (excludes halogenated alkanes) is 2. The van der Waals surface area contributed by atoms with E-state index in [0.29, 0.717) is 13.2 Å². The van der Waals surface area contributed by atoms with Crippen molar-refractivity contribution >= 4 is 21.9 Å². The van der Waals surface area contributed by atoms with Gasteiger partial charge >= 0.3 is 5.97 Å². The molecule has 0 bridgehead atoms. The van der Waals surface area contributed by atoms with Crippen LogP contribution in [0.1, 0.15) is 49.9 Å². The summed E-state index contributed by atoms with van der Waals surface area (Å²) in [6.45, 7) is 4.84. The number of esters is 1. The summed E-state index contributed by atoms with van der Waals surface area (Å²) in [6, 6.07) is 5.67. The molecule has 0 radical (unpaired) electrons. The molecule has 1 fully saturated rings. The Hall–Kier alpha value is -1.97. The largest absolute Gasteiger partial charge is 0.452 e. The molecule has 1 saturated heterocycles. The normalized spacial score (nSPS) is 16.2. The number of nitrogens with zero attached hydrogens (tertiary/aromatic N) is 1. The second kappa shape index (κ2) is 11.3. The van der Waals surface area contributed by atoms with Crippen LogP contribution in [0.15, 0.2) is 29.2 Å². The Labute approximate surface area is 172 Å². The number of sulfonamides is 1. The van der Waals surface area contributed by atoms with Gasteiger partial charge in [-0.25, -0.2) is 13.2 Å². The molecule has 8 nitrogen and oxygen atoms in total. The predicted molar refractivity (Wildman–Crippen MR) is 108 cm³/mol. The Morgan fingerprint density at radius 1 is 1.24 bits per heavy atom. The summed E-state index contributed by atoms with van der Waals surface area (Å²) >= 11 is 0. The van der Waals surface area contributed by atoms with Gasteiger partial charge in [-0.05, 0) is 31.5 Å². The molecule has 2 rings (SSSR count). The molecule has 1 aromatic rings. The van der Waals surface area contributed by atoms with Gasteiger partial charge in [0.2, 0.25) is 10.0 Å². The van der Waals surface area contributed by atoms with Gasteiger partial charge in [0.1, 0.15) is 0 Å². The molecule has 0 aromatic heterocycles. The summed E-state index contributed by atoms with van der Waals surface area (Å²) in [5.74, 6) is -1.11. The SMILES string of the molecule is CCCCC[C@H](C)NC(=O)COC(=O)c1cccc(S(=O)(=O)N2CCOCC2)c1. The number of benzene rings is 1. The lowest BCUT2D eigenvalue weighted by Gasteiger charge is -2.26. The number of hydrogen-bond donors (Lipinski definition) is 1. The van der Waals surface area contributed by atoms with E-state index < -0.39 is 22.6 Å². The minimum Gasteiger partial charge on any atom is -0.452 e. The number of nitrogens with one attached hydrogen (secondary N) is 1. The summed E-state index contributed by atoms with van der Waals surface area (Å²) in [6.07, 6.45) is 4.12. The van der Waals surface area contributed by atoms with Crippen LogP contribution in [0.3, 0.4) is 0 Å². The van der Waals surface area contributed by atoms with Crippen LogP contribution in [0, 0.1) is 0 Å². The van der Waals surface area contributed by atoms with Crippen molar-refractivity contribution in [3.05, 3.63) is 29.8 Å². The maximum absolute atomic E-state index is 12.7. The van der Waals surface area contributed by atoms with E-state index in [1.54, 1.807) is 0 Å². The summed E-state index contributed by atoms with van der Waals surface area (Å²) in [5.41, 5.74) is 0.0862. The van der Waals surface area contributed by atoms with Crippen molar-refractivity contribution in [1.29, 1.82) is 0 Å². The van der Waals surface area contributed by atoms with Crippen LogP contribution in [0.25, 0.3) is 0 Å². The standard InChI is InChI=1S/C20H30N2O6S/c1-3-4-5-7-16(2)21-19(23)15-28-20(24)17-8-6-9-18(14-17)29(25,26)22-10-12-27-13-11-22/h6,8-9,14,16H,3-5,7,10-13,15H2,1-2H3,(H,21,23)/t16-/m0/s1. The van der Waals surface area contributed by atoms with Gasteiger partial charge in [0.25, 0.3) is 5.91 Å². The van der Waals surface area contributed by atoms with Crippen LogP contribution >= 0.6 is 0 Å². The number of carbonyl (C=O) groups excluding carboxylic acids is 2. The van der Waals surface area contributed by atoms with Crippen LogP contribution < -0.4 is 5.32 Å². The van der Waals surface area contributed by atoms with E-state index in [-0.39, 0.29) is 35.5 Å². The number of hydrogen-bond acceptors (Lipinski definition) is 6. The minimum atomic E-state index is -3.71. The van der Waals surface area contributed by atoms with E-state index in [1.807, 2.05) is 6.92 Å². The number of rotatable bonds is 10. The highest BCUT2D eigenvalue weighted by atomic mass is 32.2. The molecule has 1 aromatic carbocycles. The zero-order chi connectivity index (χ0) is 21.3. The molecule has 1 N–H and O–H groups in total. The van der Waals surface area contributed by atoms with Gasteiger partial charge in [0.05, 0.1) is 23.7 Å². The van der Waals surface area contributed by atoms with Crippen molar-refractivity contribution in [1.82, 2.24) is 9.62 Å². The van der Waals surface area contributed by atoms with Gasteiger partial charge < -0.3 is 14.8 Å². The first-order chi connectivity index (χ1) is 13.8. The van der Waals surface area contributed by atoms with Gasteiger partial charge in [-0.1, -0.05) is 32.3 Å². The Morgan fingerprint density at radius 3 is 2.66 bits per heavy atom. The van der Waals surface area contributed by atoms with E-state index in [4.69, 9.17) is 9.47 Å². The van der Waals surface area contributed by atoms with Crippen molar-refractivity contribution in [3.63, 3.8) is 0 Å². The number of ether oxygens (including phenoxy) is 2. The second-order valence-electron chi connectivity index (χ2n) is 7.08. The van der Waals surface area contributed by atoms with E-state index in [1.165, 1.54) is 28.6 Å². The van der Waals surface area contributed by atoms with Gasteiger partial charge in [0.15, 0.2) is 6.61 Å². The second-order valence-corrected chi connectivity index (χ2v) is 9.02. The smallest absolute Gasteiger partial charge is 0.338 e. The molecule has 0 spiro atoms. The Bertz CT molecular complexity index is 790. The molecule has 1 amide bonds. The first-order valence-corrected chi connectivity index (χ1v) is 11.4. The molecule has 1 heterocycles. The molecule has 9 heteroatoms. The first-order valence-electron chi connectivity index (χ1n) is 9.99. The van der Waals surface area contributed by atoms with E-state index >= 15 is 0 Å². The zero-order valence-electron chi connectivity index (χ0n) is 17.1. The molecule has 1 aliphatic heterocycles. The van der Waals surface area contributed by atoms with Crippen LogP contribution in [0.2, 0.25) is 0 Å². The topological polar surface area (TPSA) is 102 Å². The fourth-order valence-electron chi connectivity index (χ4n) is 3.02. The summed E-state index contributed by atoms with van der Waals surface area (Å²) in [4.78, 5) is 24.2. The number of carbonyl (C=O) groups is 2. The maximum atomic E-state index is 12.7. The Kier molecular flexibility index (Phi) is 9.06. The van der Waals surface area contributed by atoms with Crippen molar-refractivity contribution in [2.45, 2.75) is 50.5 Å².